The smallest absolute Gasteiger partial charge is 0.137 e. The van der Waals surface area contributed by atoms with Gasteiger partial charge in [0, 0.05) is 19.6 Å². The highest BCUT2D eigenvalue weighted by molar-refractivity contribution is 5.74. The summed E-state index contributed by atoms with van der Waals surface area (Å²) in [5.74, 6) is 0. The van der Waals surface area contributed by atoms with E-state index < -0.39 is 0 Å². The lowest BCUT2D eigenvalue weighted by atomic mass is 10.2. The minimum Gasteiger partial charge on any atom is -0.295 e. The van der Waals surface area contributed by atoms with Crippen LogP contribution in [0.25, 0.3) is 11.0 Å². The summed E-state index contributed by atoms with van der Waals surface area (Å²) in [5.41, 5.74) is 4.02. The average molecular weight is 294 g/mol. The highest BCUT2D eigenvalue weighted by atomic mass is 15.4. The molecule has 1 unspecified atom stereocenters. The quantitative estimate of drug-likeness (QED) is 0.739. The number of aryl methyl sites for hydroxylation is 1. The van der Waals surface area contributed by atoms with E-state index in [0.29, 0.717) is 6.04 Å². The van der Waals surface area contributed by atoms with E-state index in [0.717, 1.165) is 48.5 Å². The molecule has 1 aliphatic rings. The Morgan fingerprint density at radius 2 is 2.00 bits per heavy atom. The molecule has 0 bridgehead atoms. The Morgan fingerprint density at radius 3 is 2.77 bits per heavy atom. The maximum Gasteiger partial charge on any atom is 0.137 e. The number of rotatable bonds is 3. The number of benzene rings is 1. The van der Waals surface area contributed by atoms with Gasteiger partial charge in [0.1, 0.15) is 12.7 Å². The van der Waals surface area contributed by atoms with Crippen LogP contribution in [-0.2, 0) is 6.54 Å². The van der Waals surface area contributed by atoms with Crippen LogP contribution in [0.15, 0.2) is 36.9 Å². The van der Waals surface area contributed by atoms with Crippen LogP contribution in [0.1, 0.15) is 23.9 Å². The van der Waals surface area contributed by atoms with Crippen LogP contribution in [0.3, 0.4) is 0 Å². The van der Waals surface area contributed by atoms with Crippen LogP contribution in [-0.4, -0.2) is 42.7 Å². The van der Waals surface area contributed by atoms with Gasteiger partial charge in [0.2, 0.25) is 0 Å². The minimum absolute atomic E-state index is 0.413. The third-order valence-corrected chi connectivity index (χ3v) is 4.27. The van der Waals surface area contributed by atoms with Crippen molar-refractivity contribution in [2.45, 2.75) is 25.9 Å². The molecule has 22 heavy (non-hydrogen) atoms. The van der Waals surface area contributed by atoms with Crippen molar-refractivity contribution in [1.82, 2.24) is 29.6 Å². The zero-order valence-corrected chi connectivity index (χ0v) is 12.6. The molecule has 6 nitrogen and oxygen atoms in total. The molecule has 1 saturated heterocycles. The molecule has 0 spiro atoms. The molecule has 1 aliphatic heterocycles. The van der Waals surface area contributed by atoms with E-state index in [1.807, 2.05) is 35.9 Å². The first kappa shape index (κ1) is 13.3. The van der Waals surface area contributed by atoms with Crippen LogP contribution < -0.4 is 0 Å². The first-order chi connectivity index (χ1) is 10.8. The number of nitrogens with zero attached hydrogens (tertiary/aromatic N) is 6. The Morgan fingerprint density at radius 1 is 1.18 bits per heavy atom. The molecular weight excluding hydrogens is 276 g/mol. The molecule has 0 radical (unpaired) electrons. The van der Waals surface area contributed by atoms with Crippen LogP contribution in [0.4, 0.5) is 0 Å². The van der Waals surface area contributed by atoms with E-state index in [-0.39, 0.29) is 0 Å². The van der Waals surface area contributed by atoms with E-state index in [4.69, 9.17) is 4.98 Å². The second-order valence-electron chi connectivity index (χ2n) is 5.80. The second kappa shape index (κ2) is 5.46. The lowest BCUT2D eigenvalue weighted by molar-refractivity contribution is 0.307. The topological polar surface area (TPSA) is 59.7 Å². The van der Waals surface area contributed by atoms with Crippen molar-refractivity contribution in [3.8, 4) is 0 Å². The van der Waals surface area contributed by atoms with E-state index in [2.05, 4.69) is 20.0 Å². The predicted octanol–water partition coefficient (Wildman–Crippen LogP) is 1.98. The molecule has 0 aliphatic carbocycles. The Hall–Kier alpha value is -2.34. The molecule has 112 valence electrons. The number of para-hydroxylation sites is 2. The lowest BCUT2D eigenvalue weighted by Gasteiger charge is -2.16. The summed E-state index contributed by atoms with van der Waals surface area (Å²) in [7, 11) is 0. The summed E-state index contributed by atoms with van der Waals surface area (Å²) in [6.45, 7) is 4.92. The van der Waals surface area contributed by atoms with Crippen molar-refractivity contribution in [3.05, 3.63) is 48.3 Å². The van der Waals surface area contributed by atoms with Crippen molar-refractivity contribution >= 4 is 11.0 Å². The Kier molecular flexibility index (Phi) is 3.31. The fraction of sp³-hybridized carbons (Fsp3) is 0.375. The summed E-state index contributed by atoms with van der Waals surface area (Å²) >= 11 is 0. The van der Waals surface area contributed by atoms with Gasteiger partial charge in [-0.2, -0.15) is 5.10 Å². The molecule has 3 aromatic rings. The SMILES string of the molecule is Cc1nc2ccccc2nc1CN1CCC(n2cncn2)C1. The number of hydrogen-bond donors (Lipinski definition) is 0. The monoisotopic (exact) mass is 294 g/mol. The molecule has 1 atom stereocenters. The first-order valence-corrected chi connectivity index (χ1v) is 7.58. The summed E-state index contributed by atoms with van der Waals surface area (Å²) in [6, 6.07) is 8.45. The van der Waals surface area contributed by atoms with E-state index in [1.165, 1.54) is 0 Å². The number of aromatic nitrogens is 5. The van der Waals surface area contributed by atoms with Crippen molar-refractivity contribution in [2.75, 3.05) is 13.1 Å². The van der Waals surface area contributed by atoms with E-state index >= 15 is 0 Å². The van der Waals surface area contributed by atoms with Crippen molar-refractivity contribution in [3.63, 3.8) is 0 Å². The van der Waals surface area contributed by atoms with Crippen LogP contribution in [0, 0.1) is 6.92 Å². The number of fused-ring (bicyclic) bond motifs is 1. The normalized spacial score (nSPS) is 19.0. The molecule has 0 amide bonds. The van der Waals surface area contributed by atoms with Crippen molar-refractivity contribution < 1.29 is 0 Å². The number of hydrogen-bond acceptors (Lipinski definition) is 5. The molecular formula is C16H18N6. The van der Waals surface area contributed by atoms with Gasteiger partial charge in [0.05, 0.1) is 28.5 Å². The zero-order valence-electron chi connectivity index (χ0n) is 12.6. The summed E-state index contributed by atoms with van der Waals surface area (Å²) in [6.07, 6.45) is 4.50. The molecule has 1 fully saturated rings. The average Bonchev–Trinajstić information content (AvgIpc) is 3.18. The maximum atomic E-state index is 4.79. The summed E-state index contributed by atoms with van der Waals surface area (Å²) in [4.78, 5) is 15.9. The number of likely N-dealkylation sites (tertiary alicyclic amines) is 1. The first-order valence-electron chi connectivity index (χ1n) is 7.58. The van der Waals surface area contributed by atoms with Gasteiger partial charge in [-0.3, -0.25) is 4.90 Å². The van der Waals surface area contributed by atoms with Gasteiger partial charge < -0.3 is 0 Å². The van der Waals surface area contributed by atoms with E-state index in [1.54, 1.807) is 12.7 Å². The third kappa shape index (κ3) is 2.46. The highest BCUT2D eigenvalue weighted by Crippen LogP contribution is 2.22. The molecule has 0 saturated carbocycles. The molecule has 2 aromatic heterocycles. The van der Waals surface area contributed by atoms with Crippen molar-refractivity contribution in [1.29, 1.82) is 0 Å². The van der Waals surface area contributed by atoms with Gasteiger partial charge in [0.15, 0.2) is 0 Å². The highest BCUT2D eigenvalue weighted by Gasteiger charge is 2.25. The van der Waals surface area contributed by atoms with Gasteiger partial charge in [-0.1, -0.05) is 12.1 Å². The van der Waals surface area contributed by atoms with Gasteiger partial charge in [0.25, 0.3) is 0 Å². The largest absolute Gasteiger partial charge is 0.295 e. The molecule has 3 heterocycles. The fourth-order valence-electron chi connectivity index (χ4n) is 3.06. The fourth-order valence-corrected chi connectivity index (χ4v) is 3.06. The van der Waals surface area contributed by atoms with Crippen LogP contribution in [0.2, 0.25) is 0 Å². The Balaban J connectivity index is 1.53. The molecule has 0 N–H and O–H groups in total. The molecule has 1 aromatic carbocycles. The van der Waals surface area contributed by atoms with Gasteiger partial charge in [-0.05, 0) is 25.5 Å². The van der Waals surface area contributed by atoms with Crippen LogP contribution in [0.5, 0.6) is 0 Å². The Labute approximate surface area is 128 Å². The second-order valence-corrected chi connectivity index (χ2v) is 5.80. The lowest BCUT2D eigenvalue weighted by Crippen LogP contribution is -2.22. The zero-order chi connectivity index (χ0) is 14.9. The summed E-state index contributed by atoms with van der Waals surface area (Å²) in [5, 5.41) is 4.25. The molecule has 6 heteroatoms. The predicted molar refractivity (Wildman–Crippen MR) is 83.2 cm³/mol. The van der Waals surface area contributed by atoms with Crippen molar-refractivity contribution in [2.24, 2.45) is 0 Å². The minimum atomic E-state index is 0.413. The summed E-state index contributed by atoms with van der Waals surface area (Å²) < 4.78 is 1.96. The molecule has 4 rings (SSSR count). The van der Waals surface area contributed by atoms with Gasteiger partial charge in [-0.15, -0.1) is 0 Å². The standard InChI is InChI=1S/C16H18N6/c1-12-16(20-15-5-3-2-4-14(15)19-12)9-21-7-6-13(8-21)22-11-17-10-18-22/h2-5,10-11,13H,6-9H2,1H3. The Bertz CT molecular complexity index is 782. The van der Waals surface area contributed by atoms with Crippen LogP contribution >= 0.6 is 0 Å². The van der Waals surface area contributed by atoms with Gasteiger partial charge in [-0.25, -0.2) is 19.6 Å². The third-order valence-electron chi connectivity index (χ3n) is 4.27. The van der Waals surface area contributed by atoms with E-state index in [9.17, 15) is 0 Å². The van der Waals surface area contributed by atoms with Gasteiger partial charge >= 0.3 is 0 Å². The maximum absolute atomic E-state index is 4.79.